The van der Waals surface area contributed by atoms with E-state index in [1.54, 1.807) is 6.07 Å². The number of carboxylic acid groups (broad SMARTS) is 1. The molecule has 78 valence electrons. The van der Waals surface area contributed by atoms with Gasteiger partial charge in [0.2, 0.25) is 0 Å². The fraction of sp³-hybridized carbons (Fsp3) is 0. The number of fused-ring (bicyclic) bond motifs is 1. The molecule has 0 atom stereocenters. The van der Waals surface area contributed by atoms with Gasteiger partial charge in [-0.15, -0.1) is 12.4 Å². The number of hydrogen-bond donors (Lipinski definition) is 1. The van der Waals surface area contributed by atoms with Gasteiger partial charge < -0.3 is 5.11 Å². The van der Waals surface area contributed by atoms with Crippen molar-refractivity contribution in [2.24, 2.45) is 0 Å². The first kappa shape index (κ1) is 11.7. The largest absolute Gasteiger partial charge is 0.478 e. The Morgan fingerprint density at radius 3 is 2.73 bits per heavy atom. The maximum atomic E-state index is 10.6. The quantitative estimate of drug-likeness (QED) is 0.837. The Labute approximate surface area is 96.3 Å². The van der Waals surface area contributed by atoms with Crippen LogP contribution in [0, 0.1) is 0 Å². The standard InChI is InChI=1S/C9H5ClN2O2.ClH/c10-8-4-11-6-2-1-5(9(13)14)3-7(6)12-8;/h1-4H,(H,13,14);1H. The molecule has 0 amide bonds. The van der Waals surface area contributed by atoms with Crippen molar-refractivity contribution < 1.29 is 9.90 Å². The van der Waals surface area contributed by atoms with E-state index in [0.717, 1.165) is 0 Å². The van der Waals surface area contributed by atoms with Gasteiger partial charge in [-0.05, 0) is 18.2 Å². The predicted octanol–water partition coefficient (Wildman–Crippen LogP) is 2.40. The van der Waals surface area contributed by atoms with Crippen molar-refractivity contribution in [1.29, 1.82) is 0 Å². The molecule has 0 saturated carbocycles. The van der Waals surface area contributed by atoms with E-state index in [1.807, 2.05) is 0 Å². The van der Waals surface area contributed by atoms with Crippen LogP contribution < -0.4 is 0 Å². The van der Waals surface area contributed by atoms with Gasteiger partial charge in [0, 0.05) is 0 Å². The fourth-order valence-corrected chi connectivity index (χ4v) is 1.26. The molecule has 1 N–H and O–H groups in total. The molecule has 0 bridgehead atoms. The van der Waals surface area contributed by atoms with Crippen molar-refractivity contribution in [3.8, 4) is 0 Å². The second kappa shape index (κ2) is 4.42. The molecular formula is C9H6Cl2N2O2. The SMILES string of the molecule is Cl.O=C(O)c1ccc2ncc(Cl)nc2c1. The van der Waals surface area contributed by atoms with Gasteiger partial charge >= 0.3 is 5.97 Å². The Balaban J connectivity index is 0.00000112. The molecule has 0 unspecified atom stereocenters. The number of hydrogen-bond acceptors (Lipinski definition) is 3. The highest BCUT2D eigenvalue weighted by Gasteiger charge is 2.04. The number of halogens is 2. The van der Waals surface area contributed by atoms with Crippen molar-refractivity contribution in [3.05, 3.63) is 35.1 Å². The molecule has 2 aromatic rings. The van der Waals surface area contributed by atoms with Gasteiger partial charge in [-0.3, -0.25) is 4.98 Å². The van der Waals surface area contributed by atoms with Crippen molar-refractivity contribution >= 4 is 41.0 Å². The van der Waals surface area contributed by atoms with E-state index in [9.17, 15) is 4.79 Å². The van der Waals surface area contributed by atoms with Crippen LogP contribution in [0.1, 0.15) is 10.4 Å². The van der Waals surface area contributed by atoms with Crippen molar-refractivity contribution in [1.82, 2.24) is 9.97 Å². The van der Waals surface area contributed by atoms with E-state index in [4.69, 9.17) is 16.7 Å². The number of aromatic nitrogens is 2. The molecule has 0 fully saturated rings. The van der Waals surface area contributed by atoms with Crippen LogP contribution in [0.5, 0.6) is 0 Å². The van der Waals surface area contributed by atoms with Crippen molar-refractivity contribution in [2.75, 3.05) is 0 Å². The molecule has 2 rings (SSSR count). The Kier molecular flexibility index (Phi) is 3.44. The highest BCUT2D eigenvalue weighted by atomic mass is 35.5. The summed E-state index contributed by atoms with van der Waals surface area (Å²) < 4.78 is 0. The molecule has 1 aromatic carbocycles. The first-order valence-electron chi connectivity index (χ1n) is 3.82. The van der Waals surface area contributed by atoms with Gasteiger partial charge in [0.05, 0.1) is 22.8 Å². The van der Waals surface area contributed by atoms with Crippen LogP contribution in [0.2, 0.25) is 5.15 Å². The van der Waals surface area contributed by atoms with E-state index < -0.39 is 5.97 Å². The Morgan fingerprint density at radius 2 is 2.07 bits per heavy atom. The van der Waals surface area contributed by atoms with Crippen LogP contribution in [0.15, 0.2) is 24.4 Å². The van der Waals surface area contributed by atoms with E-state index in [2.05, 4.69) is 9.97 Å². The average molecular weight is 245 g/mol. The van der Waals surface area contributed by atoms with Crippen LogP contribution in [0.4, 0.5) is 0 Å². The van der Waals surface area contributed by atoms with E-state index in [1.165, 1.54) is 18.3 Å². The van der Waals surface area contributed by atoms with Gasteiger partial charge in [0.25, 0.3) is 0 Å². The minimum atomic E-state index is -0.992. The van der Waals surface area contributed by atoms with Crippen molar-refractivity contribution in [2.45, 2.75) is 0 Å². The lowest BCUT2D eigenvalue weighted by molar-refractivity contribution is 0.0697. The van der Waals surface area contributed by atoms with Gasteiger partial charge in [-0.2, -0.15) is 0 Å². The number of carbonyl (C=O) groups is 1. The summed E-state index contributed by atoms with van der Waals surface area (Å²) in [5.41, 5.74) is 1.28. The molecule has 6 heteroatoms. The molecule has 0 aliphatic carbocycles. The fourth-order valence-electron chi connectivity index (χ4n) is 1.12. The number of nitrogens with zero attached hydrogens (tertiary/aromatic N) is 2. The molecule has 0 spiro atoms. The monoisotopic (exact) mass is 244 g/mol. The highest BCUT2D eigenvalue weighted by Crippen LogP contribution is 2.14. The Bertz CT molecular complexity index is 516. The molecule has 1 heterocycles. The maximum absolute atomic E-state index is 10.6. The molecule has 4 nitrogen and oxygen atoms in total. The minimum absolute atomic E-state index is 0. The Morgan fingerprint density at radius 1 is 1.33 bits per heavy atom. The zero-order chi connectivity index (χ0) is 10.1. The number of aromatic carboxylic acids is 1. The van der Waals surface area contributed by atoms with E-state index in [0.29, 0.717) is 11.0 Å². The summed E-state index contributed by atoms with van der Waals surface area (Å²) in [6.45, 7) is 0. The first-order chi connectivity index (χ1) is 6.66. The lowest BCUT2D eigenvalue weighted by Crippen LogP contribution is -1.96. The third-order valence-corrected chi connectivity index (χ3v) is 1.94. The van der Waals surface area contributed by atoms with Gasteiger partial charge in [-0.25, -0.2) is 9.78 Å². The number of rotatable bonds is 1. The summed E-state index contributed by atoms with van der Waals surface area (Å²) in [6, 6.07) is 4.52. The van der Waals surface area contributed by atoms with Gasteiger partial charge in [-0.1, -0.05) is 11.6 Å². The van der Waals surface area contributed by atoms with Crippen LogP contribution in [0.3, 0.4) is 0 Å². The minimum Gasteiger partial charge on any atom is -0.478 e. The molecular weight excluding hydrogens is 239 g/mol. The number of carboxylic acids is 1. The molecule has 0 aliphatic heterocycles. The third-order valence-electron chi connectivity index (χ3n) is 1.76. The Hall–Kier alpha value is -1.39. The maximum Gasteiger partial charge on any atom is 0.335 e. The van der Waals surface area contributed by atoms with Crippen LogP contribution in [-0.2, 0) is 0 Å². The van der Waals surface area contributed by atoms with Crippen LogP contribution in [-0.4, -0.2) is 21.0 Å². The van der Waals surface area contributed by atoms with Crippen molar-refractivity contribution in [3.63, 3.8) is 0 Å². The second-order valence-electron chi connectivity index (χ2n) is 2.70. The normalized spacial score (nSPS) is 9.67. The summed E-state index contributed by atoms with van der Waals surface area (Å²) >= 11 is 5.63. The molecule has 0 radical (unpaired) electrons. The number of benzene rings is 1. The average Bonchev–Trinajstić information content (AvgIpc) is 2.16. The van der Waals surface area contributed by atoms with Gasteiger partial charge in [0.1, 0.15) is 5.15 Å². The van der Waals surface area contributed by atoms with Crippen LogP contribution in [0.25, 0.3) is 11.0 Å². The summed E-state index contributed by atoms with van der Waals surface area (Å²) in [6.07, 6.45) is 1.42. The zero-order valence-corrected chi connectivity index (χ0v) is 8.92. The topological polar surface area (TPSA) is 63.1 Å². The van der Waals surface area contributed by atoms with Crippen LogP contribution >= 0.6 is 24.0 Å². The second-order valence-corrected chi connectivity index (χ2v) is 3.09. The molecule has 0 aliphatic rings. The summed E-state index contributed by atoms with van der Waals surface area (Å²) in [4.78, 5) is 18.6. The zero-order valence-electron chi connectivity index (χ0n) is 7.35. The first-order valence-corrected chi connectivity index (χ1v) is 4.20. The lowest BCUT2D eigenvalue weighted by Gasteiger charge is -1.98. The predicted molar refractivity (Wildman–Crippen MR) is 58.8 cm³/mol. The van der Waals surface area contributed by atoms with E-state index >= 15 is 0 Å². The summed E-state index contributed by atoms with van der Waals surface area (Å²) in [5.74, 6) is -0.992. The molecule has 15 heavy (non-hydrogen) atoms. The van der Waals surface area contributed by atoms with Gasteiger partial charge in [0.15, 0.2) is 0 Å². The highest BCUT2D eigenvalue weighted by molar-refractivity contribution is 6.29. The smallest absolute Gasteiger partial charge is 0.335 e. The molecule has 1 aromatic heterocycles. The third kappa shape index (κ3) is 2.34. The lowest BCUT2D eigenvalue weighted by atomic mass is 10.2. The summed E-state index contributed by atoms with van der Waals surface area (Å²) in [5, 5.41) is 8.98. The molecule has 0 saturated heterocycles. The van der Waals surface area contributed by atoms with E-state index in [-0.39, 0.29) is 23.1 Å². The summed E-state index contributed by atoms with van der Waals surface area (Å²) in [7, 11) is 0.